The van der Waals surface area contributed by atoms with E-state index in [1.54, 1.807) is 0 Å². The largest absolute Gasteiger partial charge is 0.382 e. The van der Waals surface area contributed by atoms with E-state index in [0.29, 0.717) is 0 Å². The molecule has 0 amide bonds. The van der Waals surface area contributed by atoms with Gasteiger partial charge < -0.3 is 17.0 Å². The molecule has 0 rings (SSSR count). The lowest BCUT2D eigenvalue weighted by atomic mass is 11.4. The summed E-state index contributed by atoms with van der Waals surface area (Å²) in [5, 5.41) is 7.35. The van der Waals surface area contributed by atoms with Gasteiger partial charge in [-0.15, -0.1) is 0 Å². The van der Waals surface area contributed by atoms with Gasteiger partial charge in [0.15, 0.2) is 0 Å². The van der Waals surface area contributed by atoms with E-state index in [1.807, 2.05) is 0 Å². The highest BCUT2D eigenvalue weighted by atomic mass is 16.3. The van der Waals surface area contributed by atoms with E-state index in [0.717, 1.165) is 0 Å². The first kappa shape index (κ1) is 9.11. The Labute approximate surface area is 25.0 Å². The minimum Gasteiger partial charge on any atom is -0.382 e. The van der Waals surface area contributed by atoms with Crippen LogP contribution in [0.3, 0.4) is 0 Å². The van der Waals surface area contributed by atoms with Crippen molar-refractivity contribution in [1.82, 2.24) is 6.15 Å². The molecule has 3 nitrogen and oxygen atoms in total. The van der Waals surface area contributed by atoms with Crippen LogP contribution in [-0.4, -0.2) is 11.8 Å². The Morgan fingerprint density at radius 2 is 1.75 bits per heavy atom. The Morgan fingerprint density at radius 1 is 1.75 bits per heavy atom. The molecule has 0 unspecified atom stereocenters. The maximum Gasteiger partial charge on any atom is 0.0906 e. The van der Waals surface area contributed by atoms with Crippen LogP contribution in [0.15, 0.2) is 0 Å². The molecular formula is CH8N2O. The van der Waals surface area contributed by atoms with Crippen LogP contribution in [0, 0.1) is 0 Å². The second kappa shape index (κ2) is 13.1. The number of aliphatic hydroxyl groups excluding tert-OH is 1. The maximum atomic E-state index is 7.35. The minimum absolute atomic E-state index is 0. The van der Waals surface area contributed by atoms with Gasteiger partial charge in [-0.1, -0.05) is 0 Å². The van der Waals surface area contributed by atoms with Gasteiger partial charge in [-0.25, -0.2) is 0 Å². The Morgan fingerprint density at radius 3 is 1.75 bits per heavy atom. The molecule has 28 valence electrons. The second-order valence-electron chi connectivity index (χ2n) is 0.183. The summed E-state index contributed by atoms with van der Waals surface area (Å²) < 4.78 is 0. The first-order chi connectivity index (χ1) is 1.41. The van der Waals surface area contributed by atoms with Crippen molar-refractivity contribution in [3.63, 3.8) is 0 Å². The summed E-state index contributed by atoms with van der Waals surface area (Å²) in [5.74, 6) is 0. The van der Waals surface area contributed by atoms with Gasteiger partial charge in [0.1, 0.15) is 0 Å². The van der Waals surface area contributed by atoms with Crippen molar-refractivity contribution in [2.75, 3.05) is 6.73 Å². The molecule has 0 aliphatic heterocycles. The summed E-state index contributed by atoms with van der Waals surface area (Å²) in [6, 6.07) is 0. The molecule has 6 N–H and O–H groups in total. The lowest BCUT2D eigenvalue weighted by Gasteiger charge is -1.56. The third-order valence-corrected chi connectivity index (χ3v) is 0. The predicted molar refractivity (Wildman–Crippen MR) is 16.3 cm³/mol. The zero-order valence-electron chi connectivity index (χ0n) is 2.44. The summed E-state index contributed by atoms with van der Waals surface area (Å²) in [6.07, 6.45) is 0. The van der Waals surface area contributed by atoms with E-state index in [1.165, 1.54) is 0 Å². The molecule has 0 bridgehead atoms. The topological polar surface area (TPSA) is 81.2 Å². The van der Waals surface area contributed by atoms with Crippen LogP contribution in [0.1, 0.15) is 0 Å². The Bertz CT molecular complexity index is 6.00. The fraction of sp³-hybridized carbons (Fsp3) is 1.00. The highest BCUT2D eigenvalue weighted by Crippen LogP contribution is 1.04. The molecule has 0 fully saturated rings. The molecule has 0 atom stereocenters. The standard InChI is InChI=1S/CH5NO.H3N/c2-1-3;/h3H,1-2H2;1H3. The van der Waals surface area contributed by atoms with Crippen molar-refractivity contribution in [3.05, 3.63) is 0 Å². The van der Waals surface area contributed by atoms with Crippen LogP contribution < -0.4 is 11.9 Å². The molecule has 3 heteroatoms. The van der Waals surface area contributed by atoms with Gasteiger partial charge in [0.2, 0.25) is 0 Å². The molecule has 0 heterocycles. The number of aliphatic hydroxyl groups is 1. The van der Waals surface area contributed by atoms with E-state index >= 15 is 0 Å². The first-order valence-electron chi connectivity index (χ1n) is 0.724. The van der Waals surface area contributed by atoms with Crippen molar-refractivity contribution < 1.29 is 5.11 Å². The van der Waals surface area contributed by atoms with E-state index in [9.17, 15) is 0 Å². The van der Waals surface area contributed by atoms with Gasteiger partial charge in [0.25, 0.3) is 0 Å². The van der Waals surface area contributed by atoms with Gasteiger partial charge in [0.05, 0.1) is 6.73 Å². The van der Waals surface area contributed by atoms with Gasteiger partial charge in [-0.05, 0) is 0 Å². The predicted octanol–water partition coefficient (Wildman–Crippen LogP) is -0.943. The van der Waals surface area contributed by atoms with Crippen molar-refractivity contribution in [2.45, 2.75) is 0 Å². The summed E-state index contributed by atoms with van der Waals surface area (Å²) in [7, 11) is 0. The Kier molecular flexibility index (Phi) is 29.9. The van der Waals surface area contributed by atoms with Crippen molar-refractivity contribution >= 4 is 0 Å². The summed E-state index contributed by atoms with van der Waals surface area (Å²) >= 11 is 0. The molecule has 0 aromatic carbocycles. The fourth-order valence-electron chi connectivity index (χ4n) is 0. The van der Waals surface area contributed by atoms with Crippen LogP contribution in [0.4, 0.5) is 0 Å². The highest BCUT2D eigenvalue weighted by molar-refractivity contribution is 3.76. The molecule has 0 aromatic heterocycles. The van der Waals surface area contributed by atoms with Gasteiger partial charge in [-0.3, -0.25) is 0 Å². The van der Waals surface area contributed by atoms with Crippen molar-refractivity contribution in [1.29, 1.82) is 0 Å². The third kappa shape index (κ3) is 101. The average molecular weight is 64.1 g/mol. The molecule has 0 saturated carbocycles. The lowest BCUT2D eigenvalue weighted by molar-refractivity contribution is 0.307. The molecule has 0 aliphatic rings. The smallest absolute Gasteiger partial charge is 0.0906 e. The third-order valence-electron chi connectivity index (χ3n) is 0. The van der Waals surface area contributed by atoms with Crippen LogP contribution >= 0.6 is 0 Å². The number of nitrogens with two attached hydrogens (primary N) is 1. The van der Waals surface area contributed by atoms with Gasteiger partial charge in [0, 0.05) is 0 Å². The SMILES string of the molecule is N.NCO. The fourth-order valence-corrected chi connectivity index (χ4v) is 0. The Hall–Kier alpha value is -0.120. The maximum absolute atomic E-state index is 7.35. The van der Waals surface area contributed by atoms with Crippen LogP contribution in [0.2, 0.25) is 0 Å². The van der Waals surface area contributed by atoms with Crippen LogP contribution in [0.25, 0.3) is 0 Å². The second-order valence-corrected chi connectivity index (χ2v) is 0.183. The lowest BCUT2D eigenvalue weighted by Crippen LogP contribution is -1.92. The molecule has 0 spiro atoms. The number of hydrogen-bond donors (Lipinski definition) is 3. The average Bonchev–Trinajstić information content (AvgIpc) is 0.918. The Balaban J connectivity index is 0. The first-order valence-corrected chi connectivity index (χ1v) is 0.724. The molecular weight excluding hydrogens is 56.0 g/mol. The molecule has 4 heavy (non-hydrogen) atoms. The molecule has 0 aromatic rings. The summed E-state index contributed by atoms with van der Waals surface area (Å²) in [4.78, 5) is 0. The minimum atomic E-state index is -0.250. The molecule has 0 aliphatic carbocycles. The highest BCUT2D eigenvalue weighted by Gasteiger charge is 1.30. The zero-order chi connectivity index (χ0) is 2.71. The monoisotopic (exact) mass is 64.1 g/mol. The quantitative estimate of drug-likeness (QED) is 0.318. The van der Waals surface area contributed by atoms with Gasteiger partial charge in [-0.2, -0.15) is 0 Å². The van der Waals surface area contributed by atoms with Crippen molar-refractivity contribution in [3.8, 4) is 0 Å². The van der Waals surface area contributed by atoms with Crippen LogP contribution in [-0.2, 0) is 0 Å². The normalized spacial score (nSPS) is 4.50. The van der Waals surface area contributed by atoms with E-state index in [4.69, 9.17) is 5.11 Å². The van der Waals surface area contributed by atoms with Crippen LogP contribution in [0.5, 0.6) is 0 Å². The van der Waals surface area contributed by atoms with E-state index in [2.05, 4.69) is 5.73 Å². The number of rotatable bonds is 0. The molecule has 0 radical (unpaired) electrons. The van der Waals surface area contributed by atoms with Crippen molar-refractivity contribution in [2.24, 2.45) is 5.73 Å². The molecule has 0 saturated heterocycles. The van der Waals surface area contributed by atoms with E-state index < -0.39 is 0 Å². The van der Waals surface area contributed by atoms with Gasteiger partial charge >= 0.3 is 0 Å². The van der Waals surface area contributed by atoms with E-state index in [-0.39, 0.29) is 12.9 Å². The number of hydrogen-bond acceptors (Lipinski definition) is 3. The summed E-state index contributed by atoms with van der Waals surface area (Å²) in [6.45, 7) is -0.250. The zero-order valence-corrected chi connectivity index (χ0v) is 2.44. The summed E-state index contributed by atoms with van der Waals surface area (Å²) in [5.41, 5.74) is 4.40.